The summed E-state index contributed by atoms with van der Waals surface area (Å²) < 4.78 is 25.6. The molecule has 3 rings (SSSR count). The third kappa shape index (κ3) is 2.12. The van der Waals surface area contributed by atoms with Crippen molar-refractivity contribution in [1.29, 1.82) is 5.26 Å². The number of rotatable bonds is 3. The molecule has 2 aromatic rings. The maximum Gasteiger partial charge on any atom is 0.184 e. The van der Waals surface area contributed by atoms with Crippen LogP contribution in [0.4, 0.5) is 0 Å². The predicted octanol–water partition coefficient (Wildman–Crippen LogP) is 2.16. The number of aryl methyl sites for hydroxylation is 1. The lowest BCUT2D eigenvalue weighted by Crippen LogP contribution is -2.29. The Morgan fingerprint density at radius 2 is 1.68 bits per heavy atom. The molecule has 5 heteroatoms. The number of benzene rings is 2. The first-order valence-corrected chi connectivity index (χ1v) is 8.51. The van der Waals surface area contributed by atoms with E-state index in [2.05, 4.69) is 0 Å². The number of nitriles is 1. The first-order chi connectivity index (χ1) is 10.4. The number of sulfone groups is 1. The third-order valence-electron chi connectivity index (χ3n) is 4.22. The molecule has 1 aliphatic carbocycles. The summed E-state index contributed by atoms with van der Waals surface area (Å²) in [6, 6.07) is 17.7. The van der Waals surface area contributed by atoms with Gasteiger partial charge in [0.05, 0.1) is 11.0 Å². The monoisotopic (exact) mass is 312 g/mol. The van der Waals surface area contributed by atoms with Crippen molar-refractivity contribution in [1.82, 2.24) is 0 Å². The molecule has 0 bridgehead atoms. The minimum atomic E-state index is -3.64. The highest BCUT2D eigenvalue weighted by Gasteiger charge is 2.70. The lowest BCUT2D eigenvalue weighted by molar-refractivity contribution is 0.592. The largest absolute Gasteiger partial charge is 0.312 e. The fourth-order valence-electron chi connectivity index (χ4n) is 2.92. The number of nitrogens with two attached hydrogens (primary N) is 1. The quantitative estimate of drug-likeness (QED) is 0.941. The molecule has 0 unspecified atom stereocenters. The molecule has 1 aliphatic rings. The maximum absolute atomic E-state index is 12.8. The van der Waals surface area contributed by atoms with Crippen LogP contribution in [-0.4, -0.2) is 19.2 Å². The van der Waals surface area contributed by atoms with E-state index in [9.17, 15) is 13.7 Å². The van der Waals surface area contributed by atoms with E-state index in [0.717, 1.165) is 11.1 Å². The Morgan fingerprint density at radius 3 is 2.23 bits per heavy atom. The van der Waals surface area contributed by atoms with E-state index >= 15 is 0 Å². The summed E-state index contributed by atoms with van der Waals surface area (Å²) in [5.41, 5.74) is 6.58. The van der Waals surface area contributed by atoms with E-state index < -0.39 is 26.5 Å². The molecular weight excluding hydrogens is 296 g/mol. The molecule has 0 radical (unpaired) electrons. The van der Waals surface area contributed by atoms with Gasteiger partial charge >= 0.3 is 0 Å². The smallest absolute Gasteiger partial charge is 0.184 e. The summed E-state index contributed by atoms with van der Waals surface area (Å²) in [5, 5.41) is 8.49. The second-order valence-corrected chi connectivity index (χ2v) is 7.78. The molecule has 22 heavy (non-hydrogen) atoms. The average Bonchev–Trinajstić information content (AvgIpc) is 3.17. The van der Waals surface area contributed by atoms with Gasteiger partial charge in [-0.05, 0) is 24.6 Å². The zero-order chi connectivity index (χ0) is 16.0. The molecule has 0 aromatic heterocycles. The van der Waals surface area contributed by atoms with Crippen LogP contribution in [0.3, 0.4) is 0 Å². The fourth-order valence-corrected chi connectivity index (χ4v) is 5.13. The molecule has 1 fully saturated rings. The van der Waals surface area contributed by atoms with E-state index in [-0.39, 0.29) is 4.90 Å². The molecule has 0 heterocycles. The molecule has 2 N–H and O–H groups in total. The van der Waals surface area contributed by atoms with Gasteiger partial charge in [-0.1, -0.05) is 48.0 Å². The first kappa shape index (κ1) is 14.8. The van der Waals surface area contributed by atoms with Crippen molar-refractivity contribution >= 4 is 9.84 Å². The lowest BCUT2D eigenvalue weighted by Gasteiger charge is -2.04. The Bertz CT molecular complexity index is 838. The molecule has 4 nitrogen and oxygen atoms in total. The normalized spacial score (nSPS) is 27.1. The molecule has 0 spiro atoms. The molecular formula is C17H16N2O2S. The Labute approximate surface area is 130 Å². The summed E-state index contributed by atoms with van der Waals surface area (Å²) in [6.45, 7) is 1.95. The fraction of sp³-hybridized carbons (Fsp3) is 0.235. The van der Waals surface area contributed by atoms with Crippen LogP contribution in [0.1, 0.15) is 17.0 Å². The minimum absolute atomic E-state index is 0.208. The second-order valence-electron chi connectivity index (χ2n) is 5.71. The van der Waals surface area contributed by atoms with Gasteiger partial charge in [-0.15, -0.1) is 0 Å². The third-order valence-corrected chi connectivity index (χ3v) is 6.48. The van der Waals surface area contributed by atoms with E-state index in [1.807, 2.05) is 37.3 Å². The van der Waals surface area contributed by atoms with Crippen LogP contribution in [0.2, 0.25) is 0 Å². The van der Waals surface area contributed by atoms with Crippen LogP contribution in [0, 0.1) is 18.3 Å². The Kier molecular flexibility index (Phi) is 3.32. The summed E-state index contributed by atoms with van der Waals surface area (Å²) in [4.78, 5) is 0.208. The van der Waals surface area contributed by atoms with Crippen molar-refractivity contribution in [3.63, 3.8) is 0 Å². The first-order valence-electron chi connectivity index (χ1n) is 6.97. The zero-order valence-electron chi connectivity index (χ0n) is 12.1. The number of hydrogen-bond acceptors (Lipinski definition) is 4. The molecule has 0 amide bonds. The molecule has 0 saturated heterocycles. The standard InChI is InChI=1S/C17H16N2O2S/c1-12-7-9-13(10-8-12)15-16(17(15,19)11-18)22(20,21)14-5-3-2-4-6-14/h2-10,15-16H,19H2,1H3/t15-,16+,17-/m1/s1. The topological polar surface area (TPSA) is 83.9 Å². The predicted molar refractivity (Wildman–Crippen MR) is 83.9 cm³/mol. The van der Waals surface area contributed by atoms with Gasteiger partial charge < -0.3 is 5.73 Å². The van der Waals surface area contributed by atoms with Crippen molar-refractivity contribution in [2.75, 3.05) is 0 Å². The van der Waals surface area contributed by atoms with E-state index in [1.165, 1.54) is 12.1 Å². The number of hydrogen-bond donors (Lipinski definition) is 1. The second kappa shape index (κ2) is 4.94. The van der Waals surface area contributed by atoms with Gasteiger partial charge in [-0.2, -0.15) is 5.26 Å². The van der Waals surface area contributed by atoms with E-state index in [0.29, 0.717) is 0 Å². The molecule has 3 atom stereocenters. The van der Waals surface area contributed by atoms with Gasteiger partial charge in [-0.25, -0.2) is 8.42 Å². The Morgan fingerprint density at radius 1 is 1.09 bits per heavy atom. The van der Waals surface area contributed by atoms with Crippen LogP contribution in [0.15, 0.2) is 59.5 Å². The van der Waals surface area contributed by atoms with Gasteiger partial charge in [0.1, 0.15) is 10.8 Å². The minimum Gasteiger partial charge on any atom is -0.312 e. The summed E-state index contributed by atoms with van der Waals surface area (Å²) in [7, 11) is -3.64. The SMILES string of the molecule is Cc1ccc([C@@H]2[C@H](S(=O)(=O)c3ccccc3)[C@@]2(N)C#N)cc1. The lowest BCUT2D eigenvalue weighted by atomic mass is 10.1. The van der Waals surface area contributed by atoms with Gasteiger partial charge in [0.15, 0.2) is 9.84 Å². The van der Waals surface area contributed by atoms with E-state index in [4.69, 9.17) is 5.73 Å². The van der Waals surface area contributed by atoms with E-state index in [1.54, 1.807) is 18.2 Å². The molecule has 112 valence electrons. The van der Waals surface area contributed by atoms with Crippen molar-refractivity contribution in [2.45, 2.75) is 28.5 Å². The van der Waals surface area contributed by atoms with Crippen LogP contribution in [0.5, 0.6) is 0 Å². The summed E-state index contributed by atoms with van der Waals surface area (Å²) >= 11 is 0. The highest BCUT2D eigenvalue weighted by atomic mass is 32.2. The molecule has 2 aromatic carbocycles. The van der Waals surface area contributed by atoms with Crippen LogP contribution in [-0.2, 0) is 9.84 Å². The zero-order valence-corrected chi connectivity index (χ0v) is 12.9. The highest BCUT2D eigenvalue weighted by molar-refractivity contribution is 7.92. The van der Waals surface area contributed by atoms with Crippen LogP contribution < -0.4 is 5.73 Å². The van der Waals surface area contributed by atoms with Gasteiger partial charge in [-0.3, -0.25) is 0 Å². The average molecular weight is 312 g/mol. The van der Waals surface area contributed by atoms with Gasteiger partial charge in [0.2, 0.25) is 0 Å². The molecule has 0 aliphatic heterocycles. The highest BCUT2D eigenvalue weighted by Crippen LogP contribution is 2.55. The van der Waals surface area contributed by atoms with Crippen LogP contribution in [0.25, 0.3) is 0 Å². The Balaban J connectivity index is 2.04. The van der Waals surface area contributed by atoms with Crippen molar-refractivity contribution in [3.05, 3.63) is 65.7 Å². The molecule has 1 saturated carbocycles. The Hall–Kier alpha value is -2.16. The van der Waals surface area contributed by atoms with Gasteiger partial charge in [0, 0.05) is 5.92 Å². The van der Waals surface area contributed by atoms with Crippen molar-refractivity contribution in [2.24, 2.45) is 5.73 Å². The van der Waals surface area contributed by atoms with Crippen molar-refractivity contribution in [3.8, 4) is 6.07 Å². The summed E-state index contributed by atoms with van der Waals surface area (Å²) in [6.07, 6.45) is 0. The van der Waals surface area contributed by atoms with Crippen LogP contribution >= 0.6 is 0 Å². The van der Waals surface area contributed by atoms with Crippen molar-refractivity contribution < 1.29 is 8.42 Å². The van der Waals surface area contributed by atoms with Gasteiger partial charge in [0.25, 0.3) is 0 Å². The maximum atomic E-state index is 12.8. The number of nitrogens with zero attached hydrogens (tertiary/aromatic N) is 1. The summed E-state index contributed by atoms with van der Waals surface area (Å²) in [5.74, 6) is -0.497.